The molecule has 0 saturated heterocycles. The summed E-state index contributed by atoms with van der Waals surface area (Å²) in [5, 5.41) is 6.36. The first-order chi connectivity index (χ1) is 11.6. The van der Waals surface area contributed by atoms with Crippen LogP contribution in [0.3, 0.4) is 0 Å². The summed E-state index contributed by atoms with van der Waals surface area (Å²) in [6.07, 6.45) is 0.271. The second-order valence-electron chi connectivity index (χ2n) is 5.50. The van der Waals surface area contributed by atoms with Crippen LogP contribution in [-0.2, 0) is 17.8 Å². The summed E-state index contributed by atoms with van der Waals surface area (Å²) in [5.74, 6) is -0.0331. The van der Waals surface area contributed by atoms with Gasteiger partial charge in [0, 0.05) is 17.5 Å². The van der Waals surface area contributed by atoms with Gasteiger partial charge >= 0.3 is 0 Å². The molecule has 0 aliphatic heterocycles. The molecule has 0 aliphatic rings. The molecule has 0 radical (unpaired) electrons. The largest absolute Gasteiger partial charge is 0.352 e. The fraction of sp³-hybridized carbons (Fsp3) is 0.158. The van der Waals surface area contributed by atoms with E-state index in [2.05, 4.69) is 10.3 Å². The lowest BCUT2D eigenvalue weighted by Crippen LogP contribution is -2.25. The van der Waals surface area contributed by atoms with E-state index in [4.69, 9.17) is 11.6 Å². The normalized spacial score (nSPS) is 10.6. The van der Waals surface area contributed by atoms with Crippen molar-refractivity contribution in [2.45, 2.75) is 19.9 Å². The molecular weight excluding hydrogens is 340 g/mol. The maximum absolute atomic E-state index is 12.1. The second kappa shape index (κ2) is 7.60. The fourth-order valence-electron chi connectivity index (χ4n) is 2.38. The van der Waals surface area contributed by atoms with Crippen LogP contribution in [0.2, 0.25) is 5.02 Å². The van der Waals surface area contributed by atoms with Crippen LogP contribution < -0.4 is 5.32 Å². The van der Waals surface area contributed by atoms with Gasteiger partial charge in [-0.3, -0.25) is 4.79 Å². The molecule has 0 atom stereocenters. The number of thiazole rings is 1. The number of nitrogens with zero attached hydrogens (tertiary/aromatic N) is 1. The number of aryl methyl sites for hydroxylation is 1. The van der Waals surface area contributed by atoms with Crippen molar-refractivity contribution in [2.75, 3.05) is 0 Å². The number of halogens is 1. The van der Waals surface area contributed by atoms with E-state index in [1.165, 1.54) is 16.9 Å². The molecule has 0 spiro atoms. The van der Waals surface area contributed by atoms with Crippen LogP contribution >= 0.6 is 22.9 Å². The van der Waals surface area contributed by atoms with Gasteiger partial charge in [0.05, 0.1) is 17.1 Å². The number of aromatic nitrogens is 1. The summed E-state index contributed by atoms with van der Waals surface area (Å²) in [5.41, 5.74) is 3.96. The minimum atomic E-state index is -0.0331. The molecular formula is C19H17ClN2OS. The lowest BCUT2D eigenvalue weighted by atomic mass is 10.1. The van der Waals surface area contributed by atoms with Crippen LogP contribution in [0.1, 0.15) is 16.8 Å². The third kappa shape index (κ3) is 4.02. The molecule has 0 bridgehead atoms. The number of hydrogen-bond donors (Lipinski definition) is 1. The van der Waals surface area contributed by atoms with E-state index in [9.17, 15) is 4.79 Å². The smallest absolute Gasteiger partial charge is 0.226 e. The van der Waals surface area contributed by atoms with Crippen LogP contribution in [0.15, 0.2) is 53.9 Å². The predicted molar refractivity (Wildman–Crippen MR) is 99.3 cm³/mol. The van der Waals surface area contributed by atoms with Gasteiger partial charge in [-0.1, -0.05) is 54.1 Å². The number of amides is 1. The molecule has 122 valence electrons. The number of nitrogens with one attached hydrogen (secondary N) is 1. The number of benzene rings is 2. The minimum Gasteiger partial charge on any atom is -0.352 e. The number of carbonyl (C=O) groups is 1. The molecule has 2 aromatic carbocycles. The van der Waals surface area contributed by atoms with Gasteiger partial charge in [-0.15, -0.1) is 11.3 Å². The molecule has 5 heteroatoms. The van der Waals surface area contributed by atoms with Crippen molar-refractivity contribution in [3.05, 3.63) is 75.8 Å². The van der Waals surface area contributed by atoms with Crippen molar-refractivity contribution < 1.29 is 4.79 Å². The van der Waals surface area contributed by atoms with Gasteiger partial charge in [0.15, 0.2) is 0 Å². The maximum Gasteiger partial charge on any atom is 0.226 e. The zero-order valence-electron chi connectivity index (χ0n) is 13.3. The molecule has 0 aliphatic carbocycles. The van der Waals surface area contributed by atoms with E-state index in [0.717, 1.165) is 21.8 Å². The Morgan fingerprint density at radius 2 is 1.92 bits per heavy atom. The second-order valence-corrected chi connectivity index (χ2v) is 6.77. The Bertz CT molecular complexity index is 860. The molecule has 0 fully saturated rings. The topological polar surface area (TPSA) is 42.0 Å². The molecule has 1 amide bonds. The Kier molecular flexibility index (Phi) is 5.28. The number of carbonyl (C=O) groups excluding carboxylic acids is 1. The highest BCUT2D eigenvalue weighted by molar-refractivity contribution is 7.13. The highest BCUT2D eigenvalue weighted by Crippen LogP contribution is 2.30. The number of rotatable bonds is 5. The zero-order chi connectivity index (χ0) is 16.9. The Balaban J connectivity index is 1.62. The van der Waals surface area contributed by atoms with Crippen molar-refractivity contribution in [3.8, 4) is 10.6 Å². The summed E-state index contributed by atoms with van der Waals surface area (Å²) in [6.45, 7) is 2.57. The highest BCUT2D eigenvalue weighted by Gasteiger charge is 2.11. The van der Waals surface area contributed by atoms with Crippen molar-refractivity contribution in [3.63, 3.8) is 0 Å². The van der Waals surface area contributed by atoms with Crippen molar-refractivity contribution in [1.82, 2.24) is 10.3 Å². The molecule has 0 unspecified atom stereocenters. The molecule has 1 aromatic heterocycles. The van der Waals surface area contributed by atoms with Crippen LogP contribution in [0.25, 0.3) is 10.6 Å². The molecule has 1 heterocycles. The summed E-state index contributed by atoms with van der Waals surface area (Å²) in [6, 6.07) is 15.6. The number of hydrogen-bond acceptors (Lipinski definition) is 3. The summed E-state index contributed by atoms with van der Waals surface area (Å²) >= 11 is 7.69. The van der Waals surface area contributed by atoms with Crippen molar-refractivity contribution in [2.24, 2.45) is 0 Å². The summed E-state index contributed by atoms with van der Waals surface area (Å²) < 4.78 is 0. The van der Waals surface area contributed by atoms with Crippen LogP contribution in [-0.4, -0.2) is 10.9 Å². The van der Waals surface area contributed by atoms with Crippen molar-refractivity contribution in [1.29, 1.82) is 0 Å². The summed E-state index contributed by atoms with van der Waals surface area (Å²) in [4.78, 5) is 16.7. The van der Waals surface area contributed by atoms with E-state index < -0.39 is 0 Å². The molecule has 3 nitrogen and oxygen atoms in total. The molecule has 24 heavy (non-hydrogen) atoms. The first kappa shape index (κ1) is 16.7. The minimum absolute atomic E-state index is 0.0331. The average Bonchev–Trinajstić information content (AvgIpc) is 3.03. The predicted octanol–water partition coefficient (Wildman–Crippen LogP) is 4.63. The molecule has 0 saturated carbocycles. The van der Waals surface area contributed by atoms with E-state index in [-0.39, 0.29) is 12.3 Å². The van der Waals surface area contributed by atoms with Crippen LogP contribution in [0.5, 0.6) is 0 Å². The van der Waals surface area contributed by atoms with Gasteiger partial charge in [0.2, 0.25) is 5.91 Å². The Labute approximate surface area is 150 Å². The highest BCUT2D eigenvalue weighted by atomic mass is 35.5. The van der Waals surface area contributed by atoms with E-state index >= 15 is 0 Å². The van der Waals surface area contributed by atoms with E-state index in [1.807, 2.05) is 60.8 Å². The van der Waals surface area contributed by atoms with Crippen LogP contribution in [0, 0.1) is 6.92 Å². The average molecular weight is 357 g/mol. The van der Waals surface area contributed by atoms with Crippen molar-refractivity contribution >= 4 is 28.8 Å². The first-order valence-corrected chi connectivity index (χ1v) is 8.90. The lowest BCUT2D eigenvalue weighted by Gasteiger charge is -2.07. The van der Waals surface area contributed by atoms with Gasteiger partial charge in [0.1, 0.15) is 5.01 Å². The Morgan fingerprint density at radius 1 is 1.17 bits per heavy atom. The van der Waals surface area contributed by atoms with Gasteiger partial charge in [-0.05, 0) is 24.1 Å². The fourth-order valence-corrected chi connectivity index (χ4v) is 3.52. The standard InChI is InChI=1S/C19H17ClN2OS/c1-13-6-2-3-7-14(13)11-21-18(23)10-15-12-24-19(22-15)16-8-4-5-9-17(16)20/h2-9,12H,10-11H2,1H3,(H,21,23). The van der Waals surface area contributed by atoms with Gasteiger partial charge in [0.25, 0.3) is 0 Å². The molecule has 3 aromatic rings. The monoisotopic (exact) mass is 356 g/mol. The van der Waals surface area contributed by atoms with Crippen LogP contribution in [0.4, 0.5) is 0 Å². The lowest BCUT2D eigenvalue weighted by molar-refractivity contribution is -0.120. The molecule has 1 N–H and O–H groups in total. The summed E-state index contributed by atoms with van der Waals surface area (Å²) in [7, 11) is 0. The Hall–Kier alpha value is -2.17. The van der Waals surface area contributed by atoms with Gasteiger partial charge in [-0.25, -0.2) is 4.98 Å². The van der Waals surface area contributed by atoms with E-state index in [1.54, 1.807) is 0 Å². The van der Waals surface area contributed by atoms with Gasteiger partial charge < -0.3 is 5.32 Å². The maximum atomic E-state index is 12.1. The first-order valence-electron chi connectivity index (χ1n) is 7.64. The SMILES string of the molecule is Cc1ccccc1CNC(=O)Cc1csc(-c2ccccc2Cl)n1. The quantitative estimate of drug-likeness (QED) is 0.724. The molecule has 3 rings (SSSR count). The third-order valence-corrected chi connectivity index (χ3v) is 4.99. The third-order valence-electron chi connectivity index (χ3n) is 3.73. The van der Waals surface area contributed by atoms with E-state index in [0.29, 0.717) is 11.6 Å². The zero-order valence-corrected chi connectivity index (χ0v) is 14.8. The van der Waals surface area contributed by atoms with Gasteiger partial charge in [-0.2, -0.15) is 0 Å². The Morgan fingerprint density at radius 3 is 2.71 bits per heavy atom.